The van der Waals surface area contributed by atoms with E-state index >= 15 is 0 Å². The zero-order valence-corrected chi connectivity index (χ0v) is 22.2. The maximum absolute atomic E-state index is 6.76. The Morgan fingerprint density at radius 3 is 2.16 bits per heavy atom. The first-order valence-electron chi connectivity index (χ1n) is 13.6. The van der Waals surface area contributed by atoms with E-state index in [0.29, 0.717) is 5.92 Å². The fraction of sp³-hybridized carbons (Fsp3) is 0.167. The number of nitrogens with zero attached hydrogens (tertiary/aromatic N) is 1. The van der Waals surface area contributed by atoms with Crippen LogP contribution in [0.2, 0.25) is 0 Å². The van der Waals surface area contributed by atoms with Crippen molar-refractivity contribution in [2.75, 3.05) is 0 Å². The first-order chi connectivity index (χ1) is 18.4. The van der Waals surface area contributed by atoms with E-state index in [1.54, 1.807) is 0 Å². The van der Waals surface area contributed by atoms with Gasteiger partial charge in [-0.25, -0.2) is 0 Å². The maximum Gasteiger partial charge on any atom is 0.159 e. The summed E-state index contributed by atoms with van der Waals surface area (Å²) in [6, 6.07) is 35.6. The summed E-state index contributed by atoms with van der Waals surface area (Å²) in [5, 5.41) is 4.90. The van der Waals surface area contributed by atoms with Gasteiger partial charge in [-0.15, -0.1) is 0 Å². The van der Waals surface area contributed by atoms with Crippen LogP contribution in [0.1, 0.15) is 50.3 Å². The molecule has 0 aliphatic heterocycles. The minimum absolute atomic E-state index is 0.0566. The highest BCUT2D eigenvalue weighted by Crippen LogP contribution is 2.51. The lowest BCUT2D eigenvalue weighted by atomic mass is 9.82. The molecule has 0 bridgehead atoms. The second-order valence-corrected chi connectivity index (χ2v) is 11.6. The van der Waals surface area contributed by atoms with Crippen LogP contribution in [-0.2, 0) is 5.41 Å². The van der Waals surface area contributed by atoms with Gasteiger partial charge in [0.15, 0.2) is 5.58 Å². The number of hydrogen-bond donors (Lipinski definition) is 0. The SMILES string of the molecule is CC(C)c1cccc2c1oc1c(-n3c4ccccc4c4cc5c(cc43)C(C)(C)c3ccccc3-5)cccc12. The number of para-hydroxylation sites is 3. The summed E-state index contributed by atoms with van der Waals surface area (Å²) in [5.41, 5.74) is 12.2. The van der Waals surface area contributed by atoms with E-state index in [0.717, 1.165) is 16.9 Å². The molecular formula is C36H29NO. The Hall–Kier alpha value is -4.30. The normalized spacial score (nSPS) is 14.2. The quantitative estimate of drug-likeness (QED) is 0.235. The highest BCUT2D eigenvalue weighted by molar-refractivity contribution is 6.14. The molecule has 184 valence electrons. The van der Waals surface area contributed by atoms with Crippen molar-refractivity contribution in [2.24, 2.45) is 0 Å². The smallest absolute Gasteiger partial charge is 0.159 e. The third-order valence-corrected chi connectivity index (χ3v) is 8.77. The van der Waals surface area contributed by atoms with E-state index in [1.807, 2.05) is 0 Å². The van der Waals surface area contributed by atoms with Crippen LogP contribution in [0.25, 0.3) is 60.6 Å². The van der Waals surface area contributed by atoms with Crippen LogP contribution in [0.4, 0.5) is 0 Å². The summed E-state index contributed by atoms with van der Waals surface area (Å²) in [5.74, 6) is 0.391. The molecule has 0 saturated heterocycles. The minimum atomic E-state index is -0.0566. The van der Waals surface area contributed by atoms with Gasteiger partial charge in [-0.05, 0) is 58.0 Å². The van der Waals surface area contributed by atoms with Gasteiger partial charge in [-0.3, -0.25) is 0 Å². The topological polar surface area (TPSA) is 18.1 Å². The third kappa shape index (κ3) is 2.67. The Morgan fingerprint density at radius 1 is 0.605 bits per heavy atom. The van der Waals surface area contributed by atoms with E-state index < -0.39 is 0 Å². The van der Waals surface area contributed by atoms with E-state index in [2.05, 4.69) is 129 Å². The fourth-order valence-electron chi connectivity index (χ4n) is 6.88. The third-order valence-electron chi connectivity index (χ3n) is 8.77. The molecule has 2 nitrogen and oxygen atoms in total. The molecule has 2 heteroatoms. The standard InChI is InChI=1S/C36H29NO/c1-21(2)22-13-9-14-25-26-15-10-18-32(35(26)38-34(22)25)37-31-17-8-6-12-24(31)28-19-27-23-11-5-7-16-29(23)36(3,4)30(27)20-33(28)37/h5-21H,1-4H3. The van der Waals surface area contributed by atoms with Crippen LogP contribution >= 0.6 is 0 Å². The van der Waals surface area contributed by atoms with Crippen molar-refractivity contribution < 1.29 is 4.42 Å². The molecule has 0 fully saturated rings. The van der Waals surface area contributed by atoms with Crippen LogP contribution in [0, 0.1) is 0 Å². The molecule has 38 heavy (non-hydrogen) atoms. The average molecular weight is 492 g/mol. The number of rotatable bonds is 2. The van der Waals surface area contributed by atoms with Gasteiger partial charge in [0.05, 0.1) is 16.7 Å². The predicted molar refractivity (Wildman–Crippen MR) is 160 cm³/mol. The molecule has 1 aliphatic carbocycles. The van der Waals surface area contributed by atoms with Crippen LogP contribution in [-0.4, -0.2) is 4.57 Å². The second-order valence-electron chi connectivity index (χ2n) is 11.6. The van der Waals surface area contributed by atoms with Crippen LogP contribution < -0.4 is 0 Å². The molecule has 1 aliphatic rings. The summed E-state index contributed by atoms with van der Waals surface area (Å²) >= 11 is 0. The fourth-order valence-corrected chi connectivity index (χ4v) is 6.88. The van der Waals surface area contributed by atoms with Gasteiger partial charge in [0, 0.05) is 27.0 Å². The van der Waals surface area contributed by atoms with E-state index in [4.69, 9.17) is 4.42 Å². The Labute approximate surface area is 222 Å². The second kappa shape index (κ2) is 7.39. The number of hydrogen-bond acceptors (Lipinski definition) is 1. The molecule has 0 radical (unpaired) electrons. The highest BCUT2D eigenvalue weighted by Gasteiger charge is 2.36. The summed E-state index contributed by atoms with van der Waals surface area (Å²) in [6.07, 6.45) is 0. The zero-order chi connectivity index (χ0) is 25.8. The lowest BCUT2D eigenvalue weighted by Crippen LogP contribution is -2.14. The van der Waals surface area contributed by atoms with Gasteiger partial charge in [0.2, 0.25) is 0 Å². The molecule has 5 aromatic carbocycles. The van der Waals surface area contributed by atoms with Crippen molar-refractivity contribution in [2.45, 2.75) is 39.0 Å². The van der Waals surface area contributed by atoms with Crippen molar-refractivity contribution in [3.05, 3.63) is 114 Å². The van der Waals surface area contributed by atoms with Gasteiger partial charge in [0.25, 0.3) is 0 Å². The average Bonchev–Trinajstić information content (AvgIpc) is 3.54. The summed E-state index contributed by atoms with van der Waals surface area (Å²) in [6.45, 7) is 9.17. The Balaban J connectivity index is 1.51. The van der Waals surface area contributed by atoms with Crippen molar-refractivity contribution in [3.8, 4) is 16.8 Å². The number of aromatic nitrogens is 1. The molecule has 8 rings (SSSR count). The molecule has 2 heterocycles. The summed E-state index contributed by atoms with van der Waals surface area (Å²) < 4.78 is 9.18. The Kier molecular flexibility index (Phi) is 4.23. The van der Waals surface area contributed by atoms with Gasteiger partial charge < -0.3 is 8.98 Å². The molecule has 0 amide bonds. The largest absolute Gasteiger partial charge is 0.454 e. The molecular weight excluding hydrogens is 462 g/mol. The molecule has 7 aromatic rings. The van der Waals surface area contributed by atoms with E-state index in [-0.39, 0.29) is 5.41 Å². The van der Waals surface area contributed by atoms with Crippen molar-refractivity contribution in [1.29, 1.82) is 0 Å². The predicted octanol–water partition coefficient (Wildman–Crippen LogP) is 10.1. The lowest BCUT2D eigenvalue weighted by molar-refractivity contribution is 0.654. The van der Waals surface area contributed by atoms with Crippen molar-refractivity contribution in [3.63, 3.8) is 0 Å². The first-order valence-corrected chi connectivity index (χ1v) is 13.6. The van der Waals surface area contributed by atoms with Gasteiger partial charge in [-0.1, -0.05) is 100 Å². The van der Waals surface area contributed by atoms with E-state index in [1.165, 1.54) is 60.4 Å². The Bertz CT molecular complexity index is 2080. The Morgan fingerprint density at radius 2 is 1.32 bits per heavy atom. The highest BCUT2D eigenvalue weighted by atomic mass is 16.3. The van der Waals surface area contributed by atoms with Gasteiger partial charge >= 0.3 is 0 Å². The molecule has 0 atom stereocenters. The van der Waals surface area contributed by atoms with Gasteiger partial charge in [-0.2, -0.15) is 0 Å². The van der Waals surface area contributed by atoms with Crippen LogP contribution in [0.3, 0.4) is 0 Å². The molecule has 0 N–H and O–H groups in total. The maximum atomic E-state index is 6.76. The lowest BCUT2D eigenvalue weighted by Gasteiger charge is -2.21. The van der Waals surface area contributed by atoms with Crippen LogP contribution in [0.5, 0.6) is 0 Å². The first kappa shape index (κ1) is 21.8. The number of furan rings is 1. The molecule has 2 aromatic heterocycles. The summed E-state index contributed by atoms with van der Waals surface area (Å²) in [4.78, 5) is 0. The van der Waals surface area contributed by atoms with Crippen molar-refractivity contribution >= 4 is 43.7 Å². The monoisotopic (exact) mass is 491 g/mol. The van der Waals surface area contributed by atoms with E-state index in [9.17, 15) is 0 Å². The zero-order valence-electron chi connectivity index (χ0n) is 22.2. The van der Waals surface area contributed by atoms with Crippen LogP contribution in [0.15, 0.2) is 101 Å². The number of benzene rings is 5. The van der Waals surface area contributed by atoms with Crippen molar-refractivity contribution in [1.82, 2.24) is 4.57 Å². The molecule has 0 unspecified atom stereocenters. The number of fused-ring (bicyclic) bond motifs is 9. The van der Waals surface area contributed by atoms with Gasteiger partial charge in [0.1, 0.15) is 5.58 Å². The molecule has 0 saturated carbocycles. The molecule has 0 spiro atoms. The summed E-state index contributed by atoms with van der Waals surface area (Å²) in [7, 11) is 0. The minimum Gasteiger partial charge on any atom is -0.454 e.